The molecular formula is C57H52IrN4OSi-2. The minimum absolute atomic E-state index is 0. The summed E-state index contributed by atoms with van der Waals surface area (Å²) in [5.41, 5.74) is 12.2. The van der Waals surface area contributed by atoms with Crippen molar-refractivity contribution in [3.05, 3.63) is 187 Å². The van der Waals surface area contributed by atoms with Crippen LogP contribution in [0.15, 0.2) is 162 Å². The van der Waals surface area contributed by atoms with E-state index >= 15 is 0 Å². The van der Waals surface area contributed by atoms with Gasteiger partial charge in [-0.05, 0) is 76.6 Å². The average molecular weight is 1030 g/mol. The monoisotopic (exact) mass is 1030 g/mol. The van der Waals surface area contributed by atoms with Crippen LogP contribution >= 0.6 is 0 Å². The van der Waals surface area contributed by atoms with E-state index in [1.54, 1.807) is 18.3 Å². The minimum Gasteiger partial charge on any atom is -0.486 e. The van der Waals surface area contributed by atoms with E-state index in [1.807, 2.05) is 70.2 Å². The van der Waals surface area contributed by atoms with Crippen LogP contribution < -0.4 is 5.19 Å². The molecular weight excluding hydrogens is 977 g/mol. The van der Waals surface area contributed by atoms with Crippen molar-refractivity contribution in [3.63, 3.8) is 0 Å². The zero-order valence-electron chi connectivity index (χ0n) is 42.0. The van der Waals surface area contributed by atoms with Gasteiger partial charge < -0.3 is 14.0 Å². The fourth-order valence-electron chi connectivity index (χ4n) is 8.00. The van der Waals surface area contributed by atoms with Gasteiger partial charge in [0.1, 0.15) is 0 Å². The molecule has 0 amide bonds. The van der Waals surface area contributed by atoms with Gasteiger partial charge in [0, 0.05) is 55.5 Å². The van der Waals surface area contributed by atoms with Gasteiger partial charge in [-0.1, -0.05) is 155 Å². The number of aryl methyl sites for hydroxylation is 2. The van der Waals surface area contributed by atoms with Crippen molar-refractivity contribution in [2.45, 2.75) is 60.6 Å². The van der Waals surface area contributed by atoms with Crippen molar-refractivity contribution in [3.8, 4) is 50.6 Å². The fraction of sp³-hybridized carbons (Fsp3) is 0.175. The summed E-state index contributed by atoms with van der Waals surface area (Å²) in [5.74, 6) is 0.773. The molecule has 0 N–H and O–H groups in total. The van der Waals surface area contributed by atoms with Crippen LogP contribution in [0.1, 0.15) is 44.4 Å². The maximum Gasteiger partial charge on any atom is 0.216 e. The first-order valence-corrected chi connectivity index (χ1v) is 24.8. The van der Waals surface area contributed by atoms with Crippen molar-refractivity contribution in [1.82, 2.24) is 19.5 Å². The molecule has 10 aromatic rings. The third-order valence-corrected chi connectivity index (χ3v) is 13.0. The number of furan rings is 1. The van der Waals surface area contributed by atoms with Gasteiger partial charge in [-0.2, -0.15) is 0 Å². The molecule has 6 aromatic carbocycles. The topological polar surface area (TPSA) is 56.7 Å². The van der Waals surface area contributed by atoms with E-state index in [-0.39, 0.29) is 25.7 Å². The number of hydrogen-bond acceptors (Lipinski definition) is 4. The molecule has 321 valence electrons. The van der Waals surface area contributed by atoms with Gasteiger partial charge in [-0.25, -0.2) is 4.98 Å². The zero-order chi connectivity index (χ0) is 48.2. The van der Waals surface area contributed by atoms with Gasteiger partial charge in [0.15, 0.2) is 0 Å². The number of aromatic nitrogens is 4. The van der Waals surface area contributed by atoms with Crippen LogP contribution in [0.3, 0.4) is 0 Å². The van der Waals surface area contributed by atoms with Gasteiger partial charge in [0.25, 0.3) is 0 Å². The Bertz CT molecular complexity index is 3450. The van der Waals surface area contributed by atoms with E-state index in [1.165, 1.54) is 6.07 Å². The SMILES string of the molecule is Cc1ccc2c(n1)oc1c(-c3nc4ccccc4n3-c3cc(-c4ccccc4)ccc3-c3ccccc3)[c-]ccc12.[2H]C([2H])([2H])c1c[c-]c(-c2cc(C([2H])([2H])C(C)(C)C)c([Si](C)(C)C)cn2)cc1.[Ir]. The summed E-state index contributed by atoms with van der Waals surface area (Å²) in [5, 5.41) is 2.99. The van der Waals surface area contributed by atoms with Crippen LogP contribution in [0, 0.1) is 31.3 Å². The Morgan fingerprint density at radius 1 is 0.750 bits per heavy atom. The molecule has 4 aromatic heterocycles. The Morgan fingerprint density at radius 3 is 2.19 bits per heavy atom. The van der Waals surface area contributed by atoms with Crippen molar-refractivity contribution in [1.29, 1.82) is 0 Å². The molecule has 0 saturated heterocycles. The molecule has 5 nitrogen and oxygen atoms in total. The van der Waals surface area contributed by atoms with Crippen LogP contribution in [-0.4, -0.2) is 27.6 Å². The molecule has 10 rings (SSSR count). The van der Waals surface area contributed by atoms with Crippen LogP contribution in [0.2, 0.25) is 19.6 Å². The van der Waals surface area contributed by atoms with Crippen molar-refractivity contribution in [2.75, 3.05) is 0 Å². The number of benzene rings is 6. The van der Waals surface area contributed by atoms with E-state index in [4.69, 9.17) is 16.3 Å². The molecule has 0 aliphatic carbocycles. The number of hydrogen-bond donors (Lipinski definition) is 0. The Kier molecular flexibility index (Phi) is 10.8. The average Bonchev–Trinajstić information content (AvgIpc) is 3.89. The van der Waals surface area contributed by atoms with E-state index in [2.05, 4.69) is 137 Å². The van der Waals surface area contributed by atoms with Gasteiger partial charge in [0.2, 0.25) is 5.71 Å². The van der Waals surface area contributed by atoms with Crippen LogP contribution in [-0.2, 0) is 26.5 Å². The summed E-state index contributed by atoms with van der Waals surface area (Å²) in [6.45, 7) is 12.1. The summed E-state index contributed by atoms with van der Waals surface area (Å²) in [4.78, 5) is 14.4. The predicted octanol–water partition coefficient (Wildman–Crippen LogP) is 14.4. The smallest absolute Gasteiger partial charge is 0.216 e. The van der Waals surface area contributed by atoms with Gasteiger partial charge in [-0.3, -0.25) is 4.98 Å². The maximum absolute atomic E-state index is 8.79. The second kappa shape index (κ2) is 18.1. The Morgan fingerprint density at radius 2 is 1.48 bits per heavy atom. The molecule has 64 heavy (non-hydrogen) atoms. The van der Waals surface area contributed by atoms with Gasteiger partial charge in [0.05, 0.1) is 30.5 Å². The third kappa shape index (κ3) is 9.21. The Balaban J connectivity index is 0.000000201. The summed E-state index contributed by atoms with van der Waals surface area (Å²) in [6.07, 6.45) is 0.269. The fourth-order valence-corrected chi connectivity index (χ4v) is 9.39. The van der Waals surface area contributed by atoms with Crippen molar-refractivity contribution in [2.24, 2.45) is 5.41 Å². The van der Waals surface area contributed by atoms with Gasteiger partial charge in [-0.15, -0.1) is 53.6 Å². The van der Waals surface area contributed by atoms with Crippen molar-refractivity contribution < 1.29 is 31.4 Å². The van der Waals surface area contributed by atoms with Gasteiger partial charge >= 0.3 is 0 Å². The summed E-state index contributed by atoms with van der Waals surface area (Å²) in [6, 6.07) is 57.0. The molecule has 0 bridgehead atoms. The van der Waals surface area contributed by atoms with Crippen LogP contribution in [0.5, 0.6) is 0 Å². The predicted molar refractivity (Wildman–Crippen MR) is 265 cm³/mol. The maximum atomic E-state index is 8.79. The molecule has 7 heteroatoms. The van der Waals surface area contributed by atoms with Crippen LogP contribution in [0.25, 0.3) is 83.7 Å². The number of para-hydroxylation sites is 2. The number of imidazole rings is 1. The number of fused-ring (bicyclic) bond motifs is 4. The molecule has 0 saturated carbocycles. The number of rotatable bonds is 7. The van der Waals surface area contributed by atoms with E-state index in [0.29, 0.717) is 22.5 Å². The van der Waals surface area contributed by atoms with E-state index < -0.39 is 26.7 Å². The molecule has 0 aliphatic heterocycles. The molecule has 0 atom stereocenters. The largest absolute Gasteiger partial charge is 0.486 e. The zero-order valence-corrected chi connectivity index (χ0v) is 40.4. The van der Waals surface area contributed by atoms with Crippen molar-refractivity contribution >= 4 is 46.4 Å². The standard InChI is InChI=1S/C37H24N3O.C20H28NSi.Ir/c1-24-19-21-30-29-15-10-16-31(35(29)41-37(30)38-24)36-39-32-17-8-9-18-33(32)40(36)34-23-27(25-11-4-2-5-12-25)20-22-28(34)26-13-6-3-7-14-26;1-15-8-10-16(11-9-15)18-12-17(13-20(2,3)4)19(14-21-18)22(5,6)7;/h2-15,17-23H,1H3;8-10,12,14H,13H2,1-7H3;/q2*-1;/i;1D3,13D2;. The minimum atomic E-state index is -2.17. The summed E-state index contributed by atoms with van der Waals surface area (Å²) >= 11 is 0. The molecule has 0 fully saturated rings. The number of nitrogens with zero attached hydrogens (tertiary/aromatic N) is 4. The summed E-state index contributed by atoms with van der Waals surface area (Å²) < 4.78 is 48.7. The Labute approximate surface area is 398 Å². The normalized spacial score (nSPS) is 13.3. The third-order valence-electron chi connectivity index (χ3n) is 11.0. The molecule has 1 radical (unpaired) electrons. The first-order chi connectivity index (χ1) is 32.3. The van der Waals surface area contributed by atoms with E-state index in [0.717, 1.165) is 77.6 Å². The van der Waals surface area contributed by atoms with Crippen LogP contribution in [0.4, 0.5) is 0 Å². The first-order valence-electron chi connectivity index (χ1n) is 23.8. The molecule has 0 unspecified atom stereocenters. The Hall–Kier alpha value is -6.24. The summed E-state index contributed by atoms with van der Waals surface area (Å²) in [7, 11) is -1.81. The number of pyridine rings is 2. The molecule has 0 spiro atoms. The second-order valence-corrected chi connectivity index (χ2v) is 23.0. The second-order valence-electron chi connectivity index (χ2n) is 18.0. The molecule has 4 heterocycles. The molecule has 0 aliphatic rings. The first kappa shape index (κ1) is 38.2. The quantitative estimate of drug-likeness (QED) is 0.118. The van der Waals surface area contributed by atoms with E-state index in [9.17, 15) is 0 Å².